The molecule has 9 nitrogen and oxygen atoms in total. The van der Waals surface area contributed by atoms with Crippen LogP contribution < -0.4 is 20.7 Å². The monoisotopic (exact) mass is 475 g/mol. The van der Waals surface area contributed by atoms with Gasteiger partial charge < -0.3 is 34.9 Å². The topological polar surface area (TPSA) is 122 Å². The molecule has 1 unspecified atom stereocenters. The number of carbonyl (C=O) groups is 2. The fourth-order valence-electron chi connectivity index (χ4n) is 2.94. The Bertz CT molecular complexity index is 1090. The molecule has 0 saturated carbocycles. The molecule has 176 valence electrons. The first kappa shape index (κ1) is 24.4. The highest BCUT2D eigenvalue weighted by molar-refractivity contribution is 6.30. The molecule has 0 fully saturated rings. The molecule has 0 saturated heterocycles. The zero-order valence-corrected chi connectivity index (χ0v) is 18.9. The Hall–Kier alpha value is -3.27. The SMILES string of the molecule is CCOC(=O)c1cc2cc(OCC(O)CNCCNC(=O)Nc3cccc(Cl)c3)ccc2o1. The molecule has 0 radical (unpaired) electrons. The van der Waals surface area contributed by atoms with Crippen molar-refractivity contribution in [3.8, 4) is 5.75 Å². The van der Waals surface area contributed by atoms with Crippen molar-refractivity contribution in [3.63, 3.8) is 0 Å². The van der Waals surface area contributed by atoms with Gasteiger partial charge >= 0.3 is 12.0 Å². The molecule has 0 spiro atoms. The van der Waals surface area contributed by atoms with Crippen LogP contribution in [0.4, 0.5) is 10.5 Å². The summed E-state index contributed by atoms with van der Waals surface area (Å²) in [5.41, 5.74) is 1.14. The maximum atomic E-state index is 11.8. The number of esters is 1. The maximum Gasteiger partial charge on any atom is 0.374 e. The molecular weight excluding hydrogens is 450 g/mol. The van der Waals surface area contributed by atoms with E-state index in [1.165, 1.54) is 0 Å². The first-order valence-electron chi connectivity index (χ1n) is 10.5. The highest BCUT2D eigenvalue weighted by Gasteiger charge is 2.14. The summed E-state index contributed by atoms with van der Waals surface area (Å²) in [6.07, 6.45) is -0.750. The maximum absolute atomic E-state index is 11.8. The van der Waals surface area contributed by atoms with Crippen LogP contribution in [-0.2, 0) is 4.74 Å². The number of carbonyl (C=O) groups excluding carboxylic acids is 2. The fraction of sp³-hybridized carbons (Fsp3) is 0.304. The second kappa shape index (κ2) is 12.1. The summed E-state index contributed by atoms with van der Waals surface area (Å²) in [5, 5.41) is 19.8. The molecule has 1 atom stereocenters. The van der Waals surface area contributed by atoms with Crippen molar-refractivity contribution in [2.45, 2.75) is 13.0 Å². The summed E-state index contributed by atoms with van der Waals surface area (Å²) in [5.74, 6) is 0.148. The normalized spacial score (nSPS) is 11.7. The van der Waals surface area contributed by atoms with Gasteiger partial charge in [-0.1, -0.05) is 17.7 Å². The first-order chi connectivity index (χ1) is 15.9. The Morgan fingerprint density at radius 3 is 2.79 bits per heavy atom. The summed E-state index contributed by atoms with van der Waals surface area (Å²) < 4.78 is 16.0. The third-order valence-corrected chi connectivity index (χ3v) is 4.69. The highest BCUT2D eigenvalue weighted by Crippen LogP contribution is 2.25. The average molecular weight is 476 g/mol. The summed E-state index contributed by atoms with van der Waals surface area (Å²) in [6, 6.07) is 13.2. The van der Waals surface area contributed by atoms with Gasteiger partial charge in [0.2, 0.25) is 5.76 Å². The van der Waals surface area contributed by atoms with Gasteiger partial charge in [0, 0.05) is 35.7 Å². The Kier molecular flexibility index (Phi) is 8.94. The van der Waals surface area contributed by atoms with Gasteiger partial charge in [-0.3, -0.25) is 0 Å². The van der Waals surface area contributed by atoms with E-state index in [-0.39, 0.29) is 25.0 Å². The molecule has 0 aliphatic rings. The van der Waals surface area contributed by atoms with Crippen molar-refractivity contribution < 1.29 is 28.6 Å². The van der Waals surface area contributed by atoms with Gasteiger partial charge in [0.05, 0.1) is 6.61 Å². The van der Waals surface area contributed by atoms with Gasteiger partial charge in [-0.25, -0.2) is 9.59 Å². The molecule has 1 heterocycles. The van der Waals surface area contributed by atoms with E-state index in [4.69, 9.17) is 25.5 Å². The number of nitrogens with one attached hydrogen (secondary N) is 3. The summed E-state index contributed by atoms with van der Waals surface area (Å²) in [6.45, 7) is 3.20. The Morgan fingerprint density at radius 2 is 2.00 bits per heavy atom. The molecule has 1 aromatic heterocycles. The smallest absolute Gasteiger partial charge is 0.374 e. The number of aliphatic hydroxyl groups excluding tert-OH is 1. The molecule has 0 aliphatic heterocycles. The van der Waals surface area contributed by atoms with Crippen LogP contribution >= 0.6 is 11.6 Å². The number of ether oxygens (including phenoxy) is 2. The summed E-state index contributed by atoms with van der Waals surface area (Å²) in [7, 11) is 0. The summed E-state index contributed by atoms with van der Waals surface area (Å²) >= 11 is 5.88. The number of hydrogen-bond donors (Lipinski definition) is 4. The van der Waals surface area contributed by atoms with E-state index in [0.29, 0.717) is 47.1 Å². The highest BCUT2D eigenvalue weighted by atomic mass is 35.5. The zero-order chi connectivity index (χ0) is 23.6. The molecule has 10 heteroatoms. The van der Waals surface area contributed by atoms with Crippen LogP contribution in [0, 0.1) is 0 Å². The zero-order valence-electron chi connectivity index (χ0n) is 18.1. The Labute approximate surface area is 196 Å². The number of halogens is 1. The number of fused-ring (bicyclic) bond motifs is 1. The fourth-order valence-corrected chi connectivity index (χ4v) is 3.13. The lowest BCUT2D eigenvalue weighted by Crippen LogP contribution is -2.38. The van der Waals surface area contributed by atoms with Gasteiger partial charge in [-0.15, -0.1) is 0 Å². The summed E-state index contributed by atoms with van der Waals surface area (Å²) in [4.78, 5) is 23.6. The van der Waals surface area contributed by atoms with Crippen molar-refractivity contribution in [1.82, 2.24) is 10.6 Å². The van der Waals surface area contributed by atoms with Crippen molar-refractivity contribution >= 4 is 40.3 Å². The second-order valence-corrected chi connectivity index (χ2v) is 7.53. The number of hydrogen-bond acceptors (Lipinski definition) is 7. The van der Waals surface area contributed by atoms with Crippen LogP contribution in [0.5, 0.6) is 5.75 Å². The number of benzene rings is 2. The lowest BCUT2D eigenvalue weighted by Gasteiger charge is -2.14. The van der Waals surface area contributed by atoms with Gasteiger partial charge in [0.25, 0.3) is 0 Å². The second-order valence-electron chi connectivity index (χ2n) is 7.09. The van der Waals surface area contributed by atoms with E-state index in [1.807, 2.05) is 0 Å². The average Bonchev–Trinajstić information content (AvgIpc) is 3.21. The van der Waals surface area contributed by atoms with E-state index in [0.717, 1.165) is 0 Å². The molecule has 4 N–H and O–H groups in total. The van der Waals surface area contributed by atoms with E-state index in [1.54, 1.807) is 55.5 Å². The molecular formula is C23H26ClN3O6. The van der Waals surface area contributed by atoms with Crippen LogP contribution in [0.25, 0.3) is 11.0 Å². The van der Waals surface area contributed by atoms with Crippen molar-refractivity contribution in [2.75, 3.05) is 38.2 Å². The van der Waals surface area contributed by atoms with Crippen LogP contribution in [-0.4, -0.2) is 56.1 Å². The van der Waals surface area contributed by atoms with E-state index in [2.05, 4.69) is 16.0 Å². The van der Waals surface area contributed by atoms with Crippen LogP contribution in [0.15, 0.2) is 52.9 Å². The van der Waals surface area contributed by atoms with Crippen molar-refractivity contribution in [3.05, 3.63) is 59.3 Å². The number of rotatable bonds is 11. The van der Waals surface area contributed by atoms with Crippen molar-refractivity contribution in [2.24, 2.45) is 0 Å². The molecule has 3 rings (SSSR count). The molecule has 0 aliphatic carbocycles. The third kappa shape index (κ3) is 7.67. The predicted octanol–water partition coefficient (Wildman–Crippen LogP) is 3.41. The third-order valence-electron chi connectivity index (χ3n) is 4.46. The number of urea groups is 1. The van der Waals surface area contributed by atoms with Gasteiger partial charge in [0.15, 0.2) is 0 Å². The first-order valence-corrected chi connectivity index (χ1v) is 10.8. The number of furan rings is 1. The Balaban J connectivity index is 1.33. The predicted molar refractivity (Wildman–Crippen MR) is 125 cm³/mol. The molecule has 2 aromatic carbocycles. The largest absolute Gasteiger partial charge is 0.491 e. The van der Waals surface area contributed by atoms with Crippen LogP contribution in [0.1, 0.15) is 17.5 Å². The minimum atomic E-state index is -0.750. The van der Waals surface area contributed by atoms with E-state index >= 15 is 0 Å². The van der Waals surface area contributed by atoms with Gasteiger partial charge in [0.1, 0.15) is 24.0 Å². The number of anilines is 1. The minimum Gasteiger partial charge on any atom is -0.491 e. The lowest BCUT2D eigenvalue weighted by atomic mass is 10.2. The van der Waals surface area contributed by atoms with E-state index in [9.17, 15) is 14.7 Å². The molecule has 2 amide bonds. The molecule has 0 bridgehead atoms. The van der Waals surface area contributed by atoms with E-state index < -0.39 is 12.1 Å². The standard InChI is InChI=1S/C23H26ClN3O6/c1-2-31-22(29)21-11-15-10-19(6-7-20(15)33-21)32-14-18(28)13-25-8-9-26-23(30)27-17-5-3-4-16(24)12-17/h3-7,10-12,18,25,28H,2,8-9,13-14H2,1H3,(H2,26,27,30). The number of aliphatic hydroxyl groups is 1. The lowest BCUT2D eigenvalue weighted by molar-refractivity contribution is 0.0492. The van der Waals surface area contributed by atoms with Crippen molar-refractivity contribution in [1.29, 1.82) is 0 Å². The van der Waals surface area contributed by atoms with Crippen LogP contribution in [0.2, 0.25) is 5.02 Å². The molecule has 3 aromatic rings. The van der Waals surface area contributed by atoms with Gasteiger partial charge in [-0.05, 0) is 49.4 Å². The minimum absolute atomic E-state index is 0.0732. The quantitative estimate of drug-likeness (QED) is 0.247. The molecule has 33 heavy (non-hydrogen) atoms. The number of amides is 2. The van der Waals surface area contributed by atoms with Crippen LogP contribution in [0.3, 0.4) is 0 Å². The van der Waals surface area contributed by atoms with Gasteiger partial charge in [-0.2, -0.15) is 0 Å². The Morgan fingerprint density at radius 1 is 1.15 bits per heavy atom.